The van der Waals surface area contributed by atoms with Crippen molar-refractivity contribution in [1.82, 2.24) is 5.32 Å². The van der Waals surface area contributed by atoms with Gasteiger partial charge in [0.1, 0.15) is 0 Å². The number of anilines is 1. The van der Waals surface area contributed by atoms with E-state index in [4.69, 9.17) is 5.11 Å². The van der Waals surface area contributed by atoms with E-state index in [1.165, 1.54) is 25.3 Å². The topological polar surface area (TPSA) is 105 Å². The number of carboxylic acid groups (broad SMARTS) is 1. The molecule has 0 aliphatic heterocycles. The maximum Gasteiger partial charge on any atom is 0.337 e. The highest BCUT2D eigenvalue weighted by Crippen LogP contribution is 2.16. The molecule has 20 heavy (non-hydrogen) atoms. The molecule has 0 fully saturated rings. The van der Waals surface area contributed by atoms with Crippen molar-refractivity contribution in [2.45, 2.75) is 13.3 Å². The van der Waals surface area contributed by atoms with Gasteiger partial charge in [0.05, 0.1) is 18.2 Å². The smallest absolute Gasteiger partial charge is 0.337 e. The normalized spacial score (nSPS) is 9.70. The van der Waals surface area contributed by atoms with Gasteiger partial charge < -0.3 is 20.5 Å². The van der Waals surface area contributed by atoms with E-state index in [0.29, 0.717) is 6.54 Å². The van der Waals surface area contributed by atoms with Crippen molar-refractivity contribution in [2.24, 2.45) is 0 Å². The zero-order valence-electron chi connectivity index (χ0n) is 11.2. The van der Waals surface area contributed by atoms with Crippen LogP contribution in [0.5, 0.6) is 0 Å². The molecule has 0 aliphatic rings. The minimum atomic E-state index is -1.20. The molecule has 108 valence electrons. The van der Waals surface area contributed by atoms with Crippen LogP contribution < -0.4 is 10.6 Å². The van der Waals surface area contributed by atoms with E-state index in [9.17, 15) is 14.4 Å². The molecule has 7 heteroatoms. The summed E-state index contributed by atoms with van der Waals surface area (Å²) >= 11 is 0. The number of ether oxygens (including phenoxy) is 1. The lowest BCUT2D eigenvalue weighted by Crippen LogP contribution is -2.29. The number of carbonyl (C=O) groups excluding carboxylic acids is 2. The van der Waals surface area contributed by atoms with E-state index in [0.717, 1.165) is 6.42 Å². The predicted octanol–water partition coefficient (Wildman–Crippen LogP) is 1.70. The lowest BCUT2D eigenvalue weighted by Gasteiger charge is -2.09. The number of nitrogens with one attached hydrogen (secondary N) is 2. The third-order valence-electron chi connectivity index (χ3n) is 2.39. The largest absolute Gasteiger partial charge is 0.478 e. The molecule has 1 rings (SSSR count). The standard InChI is InChI=1S/C13H16N2O5/c1-3-4-14-13(19)15-10-6-8(11(16)17)5-9(7-10)12(18)20-2/h5-7H,3-4H2,1-2H3,(H,16,17)(H2,14,15,19). The Morgan fingerprint density at radius 1 is 1.20 bits per heavy atom. The van der Waals surface area contributed by atoms with E-state index >= 15 is 0 Å². The van der Waals surface area contributed by atoms with Crippen LogP contribution in [0.15, 0.2) is 18.2 Å². The van der Waals surface area contributed by atoms with Crippen molar-refractivity contribution >= 4 is 23.7 Å². The molecule has 0 bridgehead atoms. The maximum absolute atomic E-state index is 11.5. The van der Waals surface area contributed by atoms with Crippen LogP contribution in [0.1, 0.15) is 34.1 Å². The summed E-state index contributed by atoms with van der Waals surface area (Å²) in [7, 11) is 1.19. The minimum absolute atomic E-state index is 0.0539. The molecule has 0 aliphatic carbocycles. The number of carboxylic acids is 1. The molecule has 0 spiro atoms. The van der Waals surface area contributed by atoms with Crippen LogP contribution in [0, 0.1) is 0 Å². The number of methoxy groups -OCH3 is 1. The molecule has 7 nitrogen and oxygen atoms in total. The molecule has 0 heterocycles. The fourth-order valence-corrected chi connectivity index (χ4v) is 1.47. The Bertz CT molecular complexity index is 527. The Morgan fingerprint density at radius 3 is 2.40 bits per heavy atom. The molecular weight excluding hydrogens is 264 g/mol. The molecule has 0 unspecified atom stereocenters. The number of hydrogen-bond acceptors (Lipinski definition) is 4. The summed E-state index contributed by atoms with van der Waals surface area (Å²) in [6.45, 7) is 2.40. The summed E-state index contributed by atoms with van der Waals surface area (Å²) in [5.41, 5.74) is 0.149. The average Bonchev–Trinajstić information content (AvgIpc) is 2.43. The first-order valence-electron chi connectivity index (χ1n) is 5.99. The van der Waals surface area contributed by atoms with Gasteiger partial charge in [0.2, 0.25) is 0 Å². The van der Waals surface area contributed by atoms with Crippen LogP contribution in [-0.2, 0) is 4.74 Å². The molecule has 2 amide bonds. The third kappa shape index (κ3) is 4.27. The van der Waals surface area contributed by atoms with Crippen molar-refractivity contribution in [1.29, 1.82) is 0 Å². The van der Waals surface area contributed by atoms with E-state index < -0.39 is 18.0 Å². The summed E-state index contributed by atoms with van der Waals surface area (Å²) in [6, 6.07) is 3.33. The second-order valence-corrected chi connectivity index (χ2v) is 3.98. The molecule has 0 aromatic heterocycles. The van der Waals surface area contributed by atoms with Gasteiger partial charge in [0, 0.05) is 12.2 Å². The minimum Gasteiger partial charge on any atom is -0.478 e. The van der Waals surface area contributed by atoms with Gasteiger partial charge in [0.25, 0.3) is 0 Å². The number of hydrogen-bond donors (Lipinski definition) is 3. The summed E-state index contributed by atoms with van der Waals surface area (Å²) in [4.78, 5) is 34.0. The van der Waals surface area contributed by atoms with Crippen LogP contribution in [0.25, 0.3) is 0 Å². The van der Waals surface area contributed by atoms with E-state index in [-0.39, 0.29) is 16.8 Å². The summed E-state index contributed by atoms with van der Waals surface area (Å²) in [5.74, 6) is -1.88. The van der Waals surface area contributed by atoms with Crippen molar-refractivity contribution in [2.75, 3.05) is 19.0 Å². The van der Waals surface area contributed by atoms with E-state index in [2.05, 4.69) is 15.4 Å². The van der Waals surface area contributed by atoms with Crippen LogP contribution in [0.3, 0.4) is 0 Å². The zero-order chi connectivity index (χ0) is 15.1. The molecule has 0 saturated carbocycles. The molecule has 1 aromatic carbocycles. The summed E-state index contributed by atoms with van der Waals surface area (Å²) < 4.78 is 4.54. The number of carbonyl (C=O) groups is 3. The first-order valence-corrected chi connectivity index (χ1v) is 5.99. The number of urea groups is 1. The first-order chi connectivity index (χ1) is 9.47. The number of rotatable bonds is 5. The van der Waals surface area contributed by atoms with Crippen LogP contribution in [-0.4, -0.2) is 36.7 Å². The lowest BCUT2D eigenvalue weighted by atomic mass is 10.1. The summed E-state index contributed by atoms with van der Waals surface area (Å²) in [6.07, 6.45) is 0.774. The molecule has 0 atom stereocenters. The Labute approximate surface area is 115 Å². The first kappa shape index (κ1) is 15.5. The van der Waals surface area contributed by atoms with Gasteiger partial charge in [-0.2, -0.15) is 0 Å². The fourth-order valence-electron chi connectivity index (χ4n) is 1.47. The van der Waals surface area contributed by atoms with Gasteiger partial charge >= 0.3 is 18.0 Å². The quantitative estimate of drug-likeness (QED) is 0.712. The van der Waals surface area contributed by atoms with E-state index in [1.54, 1.807) is 0 Å². The van der Waals surface area contributed by atoms with Crippen molar-refractivity contribution < 1.29 is 24.2 Å². The molecule has 1 aromatic rings. The molecule has 0 radical (unpaired) electrons. The van der Waals surface area contributed by atoms with Gasteiger partial charge in [-0.05, 0) is 24.6 Å². The highest BCUT2D eigenvalue weighted by molar-refractivity contribution is 5.98. The van der Waals surface area contributed by atoms with Gasteiger partial charge in [-0.1, -0.05) is 6.92 Å². The van der Waals surface area contributed by atoms with Crippen molar-refractivity contribution in [3.8, 4) is 0 Å². The highest BCUT2D eigenvalue weighted by atomic mass is 16.5. The second kappa shape index (κ2) is 7.13. The zero-order valence-corrected chi connectivity index (χ0v) is 11.2. The Kier molecular flexibility index (Phi) is 5.52. The Hall–Kier alpha value is -2.57. The molecular formula is C13H16N2O5. The SMILES string of the molecule is CCCNC(=O)Nc1cc(C(=O)O)cc(C(=O)OC)c1. The number of amides is 2. The van der Waals surface area contributed by atoms with Gasteiger partial charge in [-0.25, -0.2) is 14.4 Å². The number of aromatic carboxylic acids is 1. The van der Waals surface area contributed by atoms with Crippen molar-refractivity contribution in [3.63, 3.8) is 0 Å². The number of esters is 1. The van der Waals surface area contributed by atoms with Gasteiger partial charge in [0.15, 0.2) is 0 Å². The average molecular weight is 280 g/mol. The van der Waals surface area contributed by atoms with Crippen LogP contribution in [0.2, 0.25) is 0 Å². The predicted molar refractivity (Wildman–Crippen MR) is 72.1 cm³/mol. The monoisotopic (exact) mass is 280 g/mol. The van der Waals surface area contributed by atoms with Crippen LogP contribution >= 0.6 is 0 Å². The van der Waals surface area contributed by atoms with Crippen molar-refractivity contribution in [3.05, 3.63) is 29.3 Å². The molecule has 0 saturated heterocycles. The second-order valence-electron chi connectivity index (χ2n) is 3.98. The van der Waals surface area contributed by atoms with E-state index in [1.807, 2.05) is 6.92 Å². The molecule has 3 N–H and O–H groups in total. The Balaban J connectivity index is 3.00. The van der Waals surface area contributed by atoms with Gasteiger partial charge in [-0.3, -0.25) is 0 Å². The third-order valence-corrected chi connectivity index (χ3v) is 2.39. The van der Waals surface area contributed by atoms with Gasteiger partial charge in [-0.15, -0.1) is 0 Å². The summed E-state index contributed by atoms with van der Waals surface area (Å²) in [5, 5.41) is 14.0. The number of benzene rings is 1. The van der Waals surface area contributed by atoms with Crippen LogP contribution in [0.4, 0.5) is 10.5 Å². The lowest BCUT2D eigenvalue weighted by molar-refractivity contribution is 0.0600. The highest BCUT2D eigenvalue weighted by Gasteiger charge is 2.13. The fraction of sp³-hybridized carbons (Fsp3) is 0.308. The maximum atomic E-state index is 11.5. The Morgan fingerprint density at radius 2 is 1.85 bits per heavy atom.